The van der Waals surface area contributed by atoms with Crippen molar-refractivity contribution in [3.63, 3.8) is 0 Å². The van der Waals surface area contributed by atoms with Gasteiger partial charge in [-0.25, -0.2) is 0 Å². The lowest BCUT2D eigenvalue weighted by Crippen LogP contribution is -2.35. The molecule has 1 heterocycles. The van der Waals surface area contributed by atoms with Gasteiger partial charge in [-0.15, -0.1) is 12.4 Å². The van der Waals surface area contributed by atoms with Gasteiger partial charge in [-0.05, 0) is 45.1 Å². The minimum Gasteiger partial charge on any atom is -0.356 e. The van der Waals surface area contributed by atoms with E-state index in [2.05, 4.69) is 17.6 Å². The first-order chi connectivity index (χ1) is 7.77. The summed E-state index contributed by atoms with van der Waals surface area (Å²) in [6.45, 7) is 4.16. The van der Waals surface area contributed by atoms with Crippen molar-refractivity contribution < 1.29 is 4.79 Å². The molecular weight excluding hydrogens is 236 g/mol. The van der Waals surface area contributed by atoms with Crippen molar-refractivity contribution in [2.24, 2.45) is 5.41 Å². The molecule has 1 atom stereocenters. The van der Waals surface area contributed by atoms with Gasteiger partial charge in [0, 0.05) is 18.0 Å². The number of nitrogens with one attached hydrogen (secondary N) is 2. The van der Waals surface area contributed by atoms with Gasteiger partial charge in [0.15, 0.2) is 0 Å². The summed E-state index contributed by atoms with van der Waals surface area (Å²) in [7, 11) is 0. The smallest absolute Gasteiger partial charge is 0.226 e. The fraction of sp³-hybridized carbons (Fsp3) is 0.923. The molecule has 2 N–H and O–H groups in total. The maximum absolute atomic E-state index is 12.0. The van der Waals surface area contributed by atoms with Crippen LogP contribution in [0.1, 0.15) is 51.9 Å². The molecular formula is C13H25ClN2O. The molecule has 17 heavy (non-hydrogen) atoms. The highest BCUT2D eigenvalue weighted by Gasteiger charge is 2.48. The van der Waals surface area contributed by atoms with Crippen molar-refractivity contribution in [2.75, 3.05) is 13.1 Å². The van der Waals surface area contributed by atoms with Crippen molar-refractivity contribution in [2.45, 2.75) is 57.9 Å². The molecule has 100 valence electrons. The van der Waals surface area contributed by atoms with E-state index in [0.29, 0.717) is 11.9 Å². The summed E-state index contributed by atoms with van der Waals surface area (Å²) in [5.41, 5.74) is 0.0395. The maximum atomic E-state index is 12.0. The van der Waals surface area contributed by atoms with Gasteiger partial charge in [0.05, 0.1) is 0 Å². The molecule has 2 fully saturated rings. The van der Waals surface area contributed by atoms with Gasteiger partial charge >= 0.3 is 0 Å². The first-order valence-corrected chi connectivity index (χ1v) is 6.78. The number of hydrogen-bond donors (Lipinski definition) is 2. The topological polar surface area (TPSA) is 41.1 Å². The lowest BCUT2D eigenvalue weighted by Gasteiger charge is -2.15. The lowest BCUT2D eigenvalue weighted by molar-refractivity contribution is -0.126. The van der Waals surface area contributed by atoms with E-state index >= 15 is 0 Å². The van der Waals surface area contributed by atoms with Crippen molar-refractivity contribution in [3.05, 3.63) is 0 Å². The predicted molar refractivity (Wildman–Crippen MR) is 72.5 cm³/mol. The van der Waals surface area contributed by atoms with Crippen LogP contribution in [0.5, 0.6) is 0 Å². The number of carbonyl (C=O) groups excluding carboxylic acids is 1. The molecule has 0 radical (unpaired) electrons. The van der Waals surface area contributed by atoms with Crippen LogP contribution in [0.2, 0.25) is 0 Å². The molecule has 1 saturated heterocycles. The van der Waals surface area contributed by atoms with Crippen LogP contribution in [0.15, 0.2) is 0 Å². The van der Waals surface area contributed by atoms with E-state index in [1.54, 1.807) is 0 Å². The average Bonchev–Trinajstić information content (AvgIpc) is 2.88. The third-order valence-corrected chi connectivity index (χ3v) is 4.00. The molecule has 0 aromatic heterocycles. The third kappa shape index (κ3) is 3.85. The van der Waals surface area contributed by atoms with Gasteiger partial charge in [0.2, 0.25) is 5.91 Å². The average molecular weight is 261 g/mol. The Balaban J connectivity index is 0.00000144. The number of hydrogen-bond acceptors (Lipinski definition) is 2. The largest absolute Gasteiger partial charge is 0.356 e. The Hall–Kier alpha value is -0.280. The zero-order chi connectivity index (χ0) is 11.4. The Bertz CT molecular complexity index is 248. The molecule has 0 aromatic rings. The zero-order valence-electron chi connectivity index (χ0n) is 10.8. The number of carbonyl (C=O) groups is 1. The standard InChI is InChI=1S/C13H24N2O.ClH/c1-2-6-13(7-8-13)12(16)15-10-5-11-4-3-9-14-11;/h11,14H,2-10H2,1H3,(H,15,16);1H/t11-;/m1./s1. The summed E-state index contributed by atoms with van der Waals surface area (Å²) >= 11 is 0. The molecule has 1 saturated carbocycles. The van der Waals surface area contributed by atoms with Gasteiger partial charge in [-0.3, -0.25) is 4.79 Å². The summed E-state index contributed by atoms with van der Waals surface area (Å²) in [5, 5.41) is 6.58. The molecule has 4 heteroatoms. The molecule has 1 aliphatic heterocycles. The summed E-state index contributed by atoms with van der Waals surface area (Å²) in [6.07, 6.45) is 8.06. The van der Waals surface area contributed by atoms with E-state index in [1.807, 2.05) is 0 Å². The number of rotatable bonds is 6. The summed E-state index contributed by atoms with van der Waals surface area (Å²) in [4.78, 5) is 12.0. The highest BCUT2D eigenvalue weighted by atomic mass is 35.5. The maximum Gasteiger partial charge on any atom is 0.226 e. The quantitative estimate of drug-likeness (QED) is 0.769. The second-order valence-corrected chi connectivity index (χ2v) is 5.37. The van der Waals surface area contributed by atoms with Crippen molar-refractivity contribution >= 4 is 18.3 Å². The van der Waals surface area contributed by atoms with Crippen LogP contribution in [0.4, 0.5) is 0 Å². The summed E-state index contributed by atoms with van der Waals surface area (Å²) < 4.78 is 0. The first kappa shape index (κ1) is 14.8. The van der Waals surface area contributed by atoms with Crippen molar-refractivity contribution in [3.8, 4) is 0 Å². The normalized spacial score (nSPS) is 25.1. The summed E-state index contributed by atoms with van der Waals surface area (Å²) in [6, 6.07) is 0.640. The van der Waals surface area contributed by atoms with Crippen LogP contribution in [0.25, 0.3) is 0 Å². The number of halogens is 1. The van der Waals surface area contributed by atoms with Crippen molar-refractivity contribution in [1.29, 1.82) is 0 Å². The summed E-state index contributed by atoms with van der Waals surface area (Å²) in [5.74, 6) is 0.312. The van der Waals surface area contributed by atoms with E-state index in [-0.39, 0.29) is 17.8 Å². The van der Waals surface area contributed by atoms with Crippen LogP contribution in [0.3, 0.4) is 0 Å². The van der Waals surface area contributed by atoms with Crippen LogP contribution in [0, 0.1) is 5.41 Å². The molecule has 0 aromatic carbocycles. The van der Waals surface area contributed by atoms with E-state index < -0.39 is 0 Å². The van der Waals surface area contributed by atoms with Gasteiger partial charge in [0.1, 0.15) is 0 Å². The molecule has 3 nitrogen and oxygen atoms in total. The SMILES string of the molecule is CCCC1(C(=O)NCC[C@H]2CCCN2)CC1.Cl. The highest BCUT2D eigenvalue weighted by Crippen LogP contribution is 2.49. The van der Waals surface area contributed by atoms with E-state index in [0.717, 1.165) is 45.2 Å². The van der Waals surface area contributed by atoms with Gasteiger partial charge in [0.25, 0.3) is 0 Å². The van der Waals surface area contributed by atoms with E-state index in [1.165, 1.54) is 12.8 Å². The van der Waals surface area contributed by atoms with Gasteiger partial charge in [-0.1, -0.05) is 13.3 Å². The predicted octanol–water partition coefficient (Wildman–Crippen LogP) is 2.25. The monoisotopic (exact) mass is 260 g/mol. The van der Waals surface area contributed by atoms with Gasteiger partial charge < -0.3 is 10.6 Å². The Morgan fingerprint density at radius 1 is 1.47 bits per heavy atom. The second-order valence-electron chi connectivity index (χ2n) is 5.37. The molecule has 1 aliphatic carbocycles. The lowest BCUT2D eigenvalue weighted by atomic mass is 9.99. The molecule has 0 bridgehead atoms. The Kier molecular flexibility index (Phi) is 5.74. The molecule has 2 aliphatic rings. The zero-order valence-corrected chi connectivity index (χ0v) is 11.6. The molecule has 0 spiro atoms. The van der Waals surface area contributed by atoms with E-state index in [9.17, 15) is 4.79 Å². The minimum atomic E-state index is 0. The van der Waals surface area contributed by atoms with E-state index in [4.69, 9.17) is 0 Å². The Morgan fingerprint density at radius 2 is 2.24 bits per heavy atom. The highest BCUT2D eigenvalue weighted by molar-refractivity contribution is 5.85. The fourth-order valence-corrected chi connectivity index (χ4v) is 2.77. The van der Waals surface area contributed by atoms with Crippen LogP contribution in [-0.2, 0) is 4.79 Å². The minimum absolute atomic E-state index is 0. The van der Waals surface area contributed by atoms with Gasteiger partial charge in [-0.2, -0.15) is 0 Å². The Labute approximate surface area is 111 Å². The third-order valence-electron chi connectivity index (χ3n) is 4.00. The molecule has 1 amide bonds. The number of amides is 1. The van der Waals surface area contributed by atoms with Crippen LogP contribution < -0.4 is 10.6 Å². The second kappa shape index (κ2) is 6.60. The van der Waals surface area contributed by atoms with Crippen LogP contribution >= 0.6 is 12.4 Å². The first-order valence-electron chi connectivity index (χ1n) is 6.78. The van der Waals surface area contributed by atoms with Crippen LogP contribution in [-0.4, -0.2) is 25.0 Å². The Morgan fingerprint density at radius 3 is 2.76 bits per heavy atom. The molecule has 0 unspecified atom stereocenters. The van der Waals surface area contributed by atoms with Crippen molar-refractivity contribution in [1.82, 2.24) is 10.6 Å². The molecule has 2 rings (SSSR count). The fourth-order valence-electron chi connectivity index (χ4n) is 2.77.